The molecular weight excluding hydrogens is 264 g/mol. The Morgan fingerprint density at radius 2 is 2.38 bits per heavy atom. The van der Waals surface area contributed by atoms with Crippen LogP contribution in [0.4, 0.5) is 0 Å². The van der Waals surface area contributed by atoms with Gasteiger partial charge in [0.2, 0.25) is 0 Å². The Balaban J connectivity index is 1.80. The molecule has 1 saturated heterocycles. The van der Waals surface area contributed by atoms with E-state index in [0.29, 0.717) is 17.7 Å². The number of nitrogens with zero attached hydrogens (tertiary/aromatic N) is 2. The van der Waals surface area contributed by atoms with Crippen molar-refractivity contribution in [1.29, 1.82) is 0 Å². The Bertz CT molecular complexity index is 455. The van der Waals surface area contributed by atoms with Crippen LogP contribution in [-0.2, 0) is 6.42 Å². The SMILES string of the molecule is CCCc1cc(C(=O)NCC2CCCN(C(C)C)C2)n[nH]1. The van der Waals surface area contributed by atoms with E-state index in [1.807, 2.05) is 6.07 Å². The highest BCUT2D eigenvalue weighted by Crippen LogP contribution is 2.17. The summed E-state index contributed by atoms with van der Waals surface area (Å²) in [4.78, 5) is 14.6. The summed E-state index contributed by atoms with van der Waals surface area (Å²) in [5, 5.41) is 10.1. The van der Waals surface area contributed by atoms with Crippen molar-refractivity contribution in [3.8, 4) is 0 Å². The van der Waals surface area contributed by atoms with Crippen LogP contribution in [0.1, 0.15) is 56.2 Å². The summed E-state index contributed by atoms with van der Waals surface area (Å²) >= 11 is 0. The van der Waals surface area contributed by atoms with Crippen molar-refractivity contribution in [2.45, 2.75) is 52.5 Å². The minimum absolute atomic E-state index is 0.0599. The zero-order valence-corrected chi connectivity index (χ0v) is 13.5. The number of aromatic amines is 1. The number of aromatic nitrogens is 2. The number of rotatable bonds is 6. The maximum Gasteiger partial charge on any atom is 0.271 e. The quantitative estimate of drug-likeness (QED) is 0.845. The molecule has 1 aromatic rings. The molecule has 0 radical (unpaired) electrons. The number of piperidine rings is 1. The number of hydrogen-bond donors (Lipinski definition) is 2. The third kappa shape index (κ3) is 4.56. The van der Waals surface area contributed by atoms with Gasteiger partial charge in [0, 0.05) is 24.8 Å². The first-order valence-corrected chi connectivity index (χ1v) is 8.16. The molecule has 1 aliphatic heterocycles. The van der Waals surface area contributed by atoms with Crippen molar-refractivity contribution in [3.05, 3.63) is 17.5 Å². The maximum absolute atomic E-state index is 12.1. The van der Waals surface area contributed by atoms with Crippen molar-refractivity contribution in [2.24, 2.45) is 5.92 Å². The van der Waals surface area contributed by atoms with Crippen molar-refractivity contribution in [3.63, 3.8) is 0 Å². The third-order valence-electron chi connectivity index (χ3n) is 4.21. The molecule has 1 aromatic heterocycles. The van der Waals surface area contributed by atoms with Crippen LogP contribution in [0, 0.1) is 5.92 Å². The third-order valence-corrected chi connectivity index (χ3v) is 4.21. The van der Waals surface area contributed by atoms with Gasteiger partial charge in [0.05, 0.1) is 0 Å². The van der Waals surface area contributed by atoms with Gasteiger partial charge in [0.25, 0.3) is 5.91 Å². The van der Waals surface area contributed by atoms with E-state index in [1.165, 1.54) is 19.4 Å². The fraction of sp³-hybridized carbons (Fsp3) is 0.750. The summed E-state index contributed by atoms with van der Waals surface area (Å²) in [6.45, 7) is 9.60. The Hall–Kier alpha value is -1.36. The lowest BCUT2D eigenvalue weighted by atomic mass is 9.97. The topological polar surface area (TPSA) is 61.0 Å². The molecule has 1 aliphatic rings. The summed E-state index contributed by atoms with van der Waals surface area (Å²) in [5.74, 6) is 0.495. The molecule has 1 fully saturated rings. The van der Waals surface area contributed by atoms with Crippen molar-refractivity contribution >= 4 is 5.91 Å². The van der Waals surface area contributed by atoms with Crippen LogP contribution >= 0.6 is 0 Å². The molecular formula is C16H28N4O. The van der Waals surface area contributed by atoms with E-state index in [2.05, 4.69) is 41.2 Å². The van der Waals surface area contributed by atoms with Gasteiger partial charge in [0.15, 0.2) is 0 Å². The summed E-state index contributed by atoms with van der Waals surface area (Å²) in [6.07, 6.45) is 4.41. The van der Waals surface area contributed by atoms with Crippen molar-refractivity contribution in [1.82, 2.24) is 20.4 Å². The van der Waals surface area contributed by atoms with E-state index in [-0.39, 0.29) is 5.91 Å². The zero-order valence-electron chi connectivity index (χ0n) is 13.5. The maximum atomic E-state index is 12.1. The minimum Gasteiger partial charge on any atom is -0.350 e. The first-order chi connectivity index (χ1) is 10.1. The lowest BCUT2D eigenvalue weighted by molar-refractivity contribution is 0.0918. The number of aryl methyl sites for hydroxylation is 1. The normalized spacial score (nSPS) is 19.9. The Kier molecular flexibility index (Phi) is 5.79. The fourth-order valence-corrected chi connectivity index (χ4v) is 2.94. The second-order valence-corrected chi connectivity index (χ2v) is 6.34. The molecule has 0 aromatic carbocycles. The number of amides is 1. The van der Waals surface area contributed by atoms with E-state index in [1.54, 1.807) is 0 Å². The van der Waals surface area contributed by atoms with Gasteiger partial charge >= 0.3 is 0 Å². The number of likely N-dealkylation sites (tertiary alicyclic amines) is 1. The minimum atomic E-state index is -0.0599. The molecule has 21 heavy (non-hydrogen) atoms. The predicted molar refractivity (Wildman–Crippen MR) is 84.3 cm³/mol. The highest BCUT2D eigenvalue weighted by molar-refractivity contribution is 5.92. The molecule has 0 bridgehead atoms. The molecule has 1 amide bonds. The molecule has 0 spiro atoms. The van der Waals surface area contributed by atoms with Gasteiger partial charge in [-0.2, -0.15) is 5.10 Å². The van der Waals surface area contributed by atoms with Crippen LogP contribution in [0.3, 0.4) is 0 Å². The van der Waals surface area contributed by atoms with Crippen LogP contribution in [0.2, 0.25) is 0 Å². The lowest BCUT2D eigenvalue weighted by Gasteiger charge is -2.35. The number of H-pyrrole nitrogens is 1. The van der Waals surface area contributed by atoms with Gasteiger partial charge in [-0.1, -0.05) is 13.3 Å². The largest absolute Gasteiger partial charge is 0.350 e. The van der Waals surface area contributed by atoms with Crippen molar-refractivity contribution in [2.75, 3.05) is 19.6 Å². The van der Waals surface area contributed by atoms with Crippen LogP contribution in [0.15, 0.2) is 6.07 Å². The van der Waals surface area contributed by atoms with E-state index < -0.39 is 0 Å². The fourth-order valence-electron chi connectivity index (χ4n) is 2.94. The first kappa shape index (κ1) is 16.0. The molecule has 5 heteroatoms. The molecule has 2 heterocycles. The molecule has 0 saturated carbocycles. The molecule has 2 N–H and O–H groups in total. The molecule has 1 atom stereocenters. The van der Waals surface area contributed by atoms with E-state index in [0.717, 1.165) is 31.6 Å². The van der Waals surface area contributed by atoms with Gasteiger partial charge < -0.3 is 10.2 Å². The second-order valence-electron chi connectivity index (χ2n) is 6.34. The number of hydrogen-bond acceptors (Lipinski definition) is 3. The monoisotopic (exact) mass is 292 g/mol. The number of carbonyl (C=O) groups is 1. The van der Waals surface area contributed by atoms with Crippen molar-refractivity contribution < 1.29 is 4.79 Å². The van der Waals surface area contributed by atoms with Crippen LogP contribution in [-0.4, -0.2) is 46.7 Å². The average molecular weight is 292 g/mol. The van der Waals surface area contributed by atoms with E-state index >= 15 is 0 Å². The zero-order chi connectivity index (χ0) is 15.2. The highest BCUT2D eigenvalue weighted by atomic mass is 16.1. The standard InChI is InChI=1S/C16H28N4O/c1-4-6-14-9-15(19-18-14)16(21)17-10-13-7-5-8-20(11-13)12(2)3/h9,12-13H,4-8,10-11H2,1-3H3,(H,17,21)(H,18,19). The first-order valence-electron chi connectivity index (χ1n) is 8.16. The van der Waals surface area contributed by atoms with Crippen LogP contribution in [0.25, 0.3) is 0 Å². The van der Waals surface area contributed by atoms with Gasteiger partial charge in [-0.3, -0.25) is 9.89 Å². The highest BCUT2D eigenvalue weighted by Gasteiger charge is 2.22. The summed E-state index contributed by atoms with van der Waals surface area (Å²) < 4.78 is 0. The summed E-state index contributed by atoms with van der Waals surface area (Å²) in [7, 11) is 0. The Morgan fingerprint density at radius 1 is 1.57 bits per heavy atom. The Labute approximate surface area is 127 Å². The van der Waals surface area contributed by atoms with Crippen LogP contribution in [0.5, 0.6) is 0 Å². The van der Waals surface area contributed by atoms with E-state index in [4.69, 9.17) is 0 Å². The molecule has 0 aliphatic carbocycles. The van der Waals surface area contributed by atoms with E-state index in [9.17, 15) is 4.79 Å². The Morgan fingerprint density at radius 3 is 3.10 bits per heavy atom. The van der Waals surface area contributed by atoms with Gasteiger partial charge in [-0.15, -0.1) is 0 Å². The summed E-state index contributed by atoms with van der Waals surface area (Å²) in [6, 6.07) is 2.45. The number of carbonyl (C=O) groups excluding carboxylic acids is 1. The van der Waals surface area contributed by atoms with Gasteiger partial charge in [-0.25, -0.2) is 0 Å². The predicted octanol–water partition coefficient (Wildman–Crippen LogP) is 2.21. The second kappa shape index (κ2) is 7.59. The molecule has 5 nitrogen and oxygen atoms in total. The van der Waals surface area contributed by atoms with Gasteiger partial charge in [-0.05, 0) is 51.6 Å². The van der Waals surface area contributed by atoms with Crippen LogP contribution < -0.4 is 5.32 Å². The summed E-state index contributed by atoms with van der Waals surface area (Å²) in [5.41, 5.74) is 1.54. The molecule has 2 rings (SSSR count). The smallest absolute Gasteiger partial charge is 0.271 e. The van der Waals surface area contributed by atoms with Gasteiger partial charge in [0.1, 0.15) is 5.69 Å². The molecule has 1 unspecified atom stereocenters. The molecule has 118 valence electrons. The number of nitrogens with one attached hydrogen (secondary N) is 2. The average Bonchev–Trinajstić information content (AvgIpc) is 2.94. The lowest BCUT2D eigenvalue weighted by Crippen LogP contribution is -2.43.